The Balaban J connectivity index is 2.69. The summed E-state index contributed by atoms with van der Waals surface area (Å²) in [7, 11) is 1.77. The molecule has 0 fully saturated rings. The summed E-state index contributed by atoms with van der Waals surface area (Å²) in [5.41, 5.74) is 2.48. The summed E-state index contributed by atoms with van der Waals surface area (Å²) in [5.74, 6) is -0.942. The molecule has 88 valence electrons. The number of nitrogens with zero attached hydrogens (tertiary/aromatic N) is 2. The van der Waals surface area contributed by atoms with Crippen molar-refractivity contribution in [3.8, 4) is 11.3 Å². The molecule has 4 nitrogen and oxygen atoms in total. The number of halogens is 1. The summed E-state index contributed by atoms with van der Waals surface area (Å²) in [6.07, 6.45) is 1.55. The Hall–Kier alpha value is -1.81. The maximum Gasteiger partial charge on any atom is 0.335 e. The van der Waals surface area contributed by atoms with E-state index in [4.69, 9.17) is 16.7 Å². The molecule has 0 radical (unpaired) electrons. The highest BCUT2D eigenvalue weighted by Gasteiger charge is 2.15. The lowest BCUT2D eigenvalue weighted by molar-refractivity contribution is 0.0696. The van der Waals surface area contributed by atoms with Crippen LogP contribution in [0.4, 0.5) is 0 Å². The lowest BCUT2D eigenvalue weighted by Crippen LogP contribution is -2.02. The molecule has 5 heteroatoms. The van der Waals surface area contributed by atoms with Gasteiger partial charge in [-0.25, -0.2) is 4.79 Å². The first-order valence-corrected chi connectivity index (χ1v) is 5.41. The molecule has 1 aromatic carbocycles. The number of aromatic carboxylic acids is 1. The average molecular weight is 251 g/mol. The fourth-order valence-corrected chi connectivity index (χ4v) is 2.11. The Kier molecular flexibility index (Phi) is 2.90. The minimum Gasteiger partial charge on any atom is -0.478 e. The maximum atomic E-state index is 11.1. The van der Waals surface area contributed by atoms with Crippen LogP contribution in [-0.2, 0) is 7.05 Å². The van der Waals surface area contributed by atoms with Gasteiger partial charge in [-0.05, 0) is 18.6 Å². The molecule has 2 aromatic rings. The number of carboxylic acid groups (broad SMARTS) is 1. The Bertz CT molecular complexity index is 571. The molecule has 0 spiro atoms. The number of hydrogen-bond acceptors (Lipinski definition) is 2. The summed E-state index contributed by atoms with van der Waals surface area (Å²) < 4.78 is 1.64. The van der Waals surface area contributed by atoms with Crippen LogP contribution in [0.3, 0.4) is 0 Å². The zero-order valence-corrected chi connectivity index (χ0v) is 10.2. The Morgan fingerprint density at radius 1 is 1.47 bits per heavy atom. The molecule has 0 aliphatic heterocycles. The first-order chi connectivity index (χ1) is 8.02. The van der Waals surface area contributed by atoms with Crippen molar-refractivity contribution in [3.05, 3.63) is 40.5 Å². The van der Waals surface area contributed by atoms with Crippen LogP contribution in [-0.4, -0.2) is 20.9 Å². The quantitative estimate of drug-likeness (QED) is 0.892. The van der Waals surface area contributed by atoms with Gasteiger partial charge in [-0.15, -0.1) is 0 Å². The van der Waals surface area contributed by atoms with Gasteiger partial charge in [-0.1, -0.05) is 23.7 Å². The van der Waals surface area contributed by atoms with Crippen molar-refractivity contribution >= 4 is 17.6 Å². The molecule has 1 N–H and O–H groups in total. The minimum atomic E-state index is -0.942. The third kappa shape index (κ3) is 1.91. The average Bonchev–Trinajstić information content (AvgIpc) is 2.59. The highest BCUT2D eigenvalue weighted by molar-refractivity contribution is 6.33. The lowest BCUT2D eigenvalue weighted by atomic mass is 10.00. The topological polar surface area (TPSA) is 55.1 Å². The fourth-order valence-electron chi connectivity index (χ4n) is 1.84. The van der Waals surface area contributed by atoms with Crippen molar-refractivity contribution in [2.24, 2.45) is 7.05 Å². The van der Waals surface area contributed by atoms with E-state index in [2.05, 4.69) is 5.10 Å². The molecule has 0 atom stereocenters. The molecule has 0 aliphatic rings. The molecule has 1 aromatic heterocycles. The second-order valence-corrected chi connectivity index (χ2v) is 4.16. The smallest absolute Gasteiger partial charge is 0.335 e. The van der Waals surface area contributed by atoms with Crippen molar-refractivity contribution in [3.63, 3.8) is 0 Å². The molecule has 0 bridgehead atoms. The van der Waals surface area contributed by atoms with Crippen molar-refractivity contribution in [2.75, 3.05) is 0 Å². The predicted octanol–water partition coefficient (Wildman–Crippen LogP) is 2.75. The largest absolute Gasteiger partial charge is 0.478 e. The molecule has 0 aliphatic carbocycles. The second kappa shape index (κ2) is 4.22. The lowest BCUT2D eigenvalue weighted by Gasteiger charge is -2.09. The van der Waals surface area contributed by atoms with E-state index < -0.39 is 5.97 Å². The number of benzene rings is 1. The number of aryl methyl sites for hydroxylation is 1. The monoisotopic (exact) mass is 250 g/mol. The van der Waals surface area contributed by atoms with E-state index in [9.17, 15) is 4.79 Å². The van der Waals surface area contributed by atoms with Crippen molar-refractivity contribution in [1.29, 1.82) is 0 Å². The van der Waals surface area contributed by atoms with Gasteiger partial charge in [0.2, 0.25) is 0 Å². The zero-order valence-electron chi connectivity index (χ0n) is 9.44. The van der Waals surface area contributed by atoms with E-state index in [1.807, 2.05) is 6.07 Å². The standard InChI is InChI=1S/C12H11ClN2O2/c1-7-8(4-3-5-9(7)12(16)17)11-10(13)6-14-15(11)2/h3-6H,1-2H3,(H,16,17). The van der Waals surface area contributed by atoms with Crippen molar-refractivity contribution in [2.45, 2.75) is 6.92 Å². The number of hydrogen-bond donors (Lipinski definition) is 1. The van der Waals surface area contributed by atoms with Gasteiger partial charge in [0.05, 0.1) is 22.5 Å². The summed E-state index contributed by atoms with van der Waals surface area (Å²) in [6.45, 7) is 1.77. The van der Waals surface area contributed by atoms with Gasteiger partial charge in [0.15, 0.2) is 0 Å². The molecule has 0 amide bonds. The summed E-state index contributed by atoms with van der Waals surface area (Å²) in [4.78, 5) is 11.1. The highest BCUT2D eigenvalue weighted by atomic mass is 35.5. The van der Waals surface area contributed by atoms with Gasteiger partial charge < -0.3 is 5.11 Å². The molecule has 1 heterocycles. The van der Waals surface area contributed by atoms with E-state index in [-0.39, 0.29) is 5.56 Å². The number of carbonyl (C=O) groups is 1. The molecule has 2 rings (SSSR count). The molecule has 0 unspecified atom stereocenters. The minimum absolute atomic E-state index is 0.278. The van der Waals surface area contributed by atoms with Gasteiger partial charge in [0.25, 0.3) is 0 Å². The van der Waals surface area contributed by atoms with Crippen molar-refractivity contribution < 1.29 is 9.90 Å². The van der Waals surface area contributed by atoms with Gasteiger partial charge >= 0.3 is 5.97 Å². The SMILES string of the molecule is Cc1c(C(=O)O)cccc1-c1c(Cl)cnn1C. The van der Waals surface area contributed by atoms with Gasteiger partial charge in [0.1, 0.15) is 0 Å². The highest BCUT2D eigenvalue weighted by Crippen LogP contribution is 2.30. The predicted molar refractivity (Wildman–Crippen MR) is 65.4 cm³/mol. The second-order valence-electron chi connectivity index (χ2n) is 3.75. The molecule has 0 saturated heterocycles. The van der Waals surface area contributed by atoms with E-state index in [0.29, 0.717) is 10.6 Å². The van der Waals surface area contributed by atoms with Crippen LogP contribution >= 0.6 is 11.6 Å². The Morgan fingerprint density at radius 3 is 2.71 bits per heavy atom. The summed E-state index contributed by atoms with van der Waals surface area (Å²) >= 11 is 6.05. The third-order valence-electron chi connectivity index (χ3n) is 2.71. The summed E-state index contributed by atoms with van der Waals surface area (Å²) in [5, 5.41) is 13.6. The third-order valence-corrected chi connectivity index (χ3v) is 2.99. The van der Waals surface area contributed by atoms with Crippen molar-refractivity contribution in [1.82, 2.24) is 9.78 Å². The zero-order chi connectivity index (χ0) is 12.6. The first-order valence-electron chi connectivity index (χ1n) is 5.03. The number of aromatic nitrogens is 2. The van der Waals surface area contributed by atoms with Crippen LogP contribution in [0, 0.1) is 6.92 Å². The molecule has 17 heavy (non-hydrogen) atoms. The Labute approximate surface area is 103 Å². The van der Waals surface area contributed by atoms with Crippen LogP contribution in [0.15, 0.2) is 24.4 Å². The number of rotatable bonds is 2. The van der Waals surface area contributed by atoms with Crippen LogP contribution in [0.25, 0.3) is 11.3 Å². The fraction of sp³-hybridized carbons (Fsp3) is 0.167. The van der Waals surface area contributed by atoms with E-state index in [0.717, 1.165) is 11.3 Å². The van der Waals surface area contributed by atoms with Gasteiger partial charge in [0, 0.05) is 12.6 Å². The van der Waals surface area contributed by atoms with E-state index >= 15 is 0 Å². The van der Waals surface area contributed by atoms with Crippen LogP contribution in [0.5, 0.6) is 0 Å². The van der Waals surface area contributed by atoms with Crippen LogP contribution < -0.4 is 0 Å². The molecule has 0 saturated carbocycles. The van der Waals surface area contributed by atoms with E-state index in [1.54, 1.807) is 37.0 Å². The number of carboxylic acids is 1. The van der Waals surface area contributed by atoms with Gasteiger partial charge in [-0.3, -0.25) is 4.68 Å². The first kappa shape index (κ1) is 11.7. The normalized spacial score (nSPS) is 10.5. The van der Waals surface area contributed by atoms with Crippen LogP contribution in [0.1, 0.15) is 15.9 Å². The van der Waals surface area contributed by atoms with Crippen LogP contribution in [0.2, 0.25) is 5.02 Å². The maximum absolute atomic E-state index is 11.1. The summed E-state index contributed by atoms with van der Waals surface area (Å²) in [6, 6.07) is 5.12. The Morgan fingerprint density at radius 2 is 2.18 bits per heavy atom. The van der Waals surface area contributed by atoms with E-state index in [1.165, 1.54) is 0 Å². The van der Waals surface area contributed by atoms with Gasteiger partial charge in [-0.2, -0.15) is 5.10 Å². The molecular weight excluding hydrogens is 240 g/mol. The molecular formula is C12H11ClN2O2.